The van der Waals surface area contributed by atoms with Gasteiger partial charge in [-0.2, -0.15) is 0 Å². The zero-order chi connectivity index (χ0) is 19.7. The predicted molar refractivity (Wildman–Crippen MR) is 105 cm³/mol. The number of hydrogen-bond acceptors (Lipinski definition) is 3. The number of amides is 1. The Morgan fingerprint density at radius 2 is 2.00 bits per heavy atom. The fourth-order valence-corrected chi connectivity index (χ4v) is 3.91. The van der Waals surface area contributed by atoms with Gasteiger partial charge in [0.25, 0.3) is 5.91 Å². The van der Waals surface area contributed by atoms with E-state index in [9.17, 15) is 14.0 Å². The minimum absolute atomic E-state index is 0.0614. The quantitative estimate of drug-likeness (QED) is 0.713. The first kappa shape index (κ1) is 19.2. The van der Waals surface area contributed by atoms with E-state index in [0.29, 0.717) is 28.4 Å². The minimum Gasteiger partial charge on any atom is -0.356 e. The fraction of sp³-hybridized carbons (Fsp3) is 0.429. The summed E-state index contributed by atoms with van der Waals surface area (Å²) in [5, 5.41) is 0.373. The highest BCUT2D eigenvalue weighted by atomic mass is 35.5. The van der Waals surface area contributed by atoms with E-state index >= 15 is 0 Å². The number of ketones is 1. The Morgan fingerprint density at radius 3 is 2.68 bits per heavy atom. The molecule has 1 aliphatic carbocycles. The van der Waals surface area contributed by atoms with Crippen molar-refractivity contribution in [2.24, 2.45) is 0 Å². The van der Waals surface area contributed by atoms with Gasteiger partial charge in [-0.15, -0.1) is 0 Å². The monoisotopic (exact) mass is 403 g/mol. The lowest BCUT2D eigenvalue weighted by Crippen LogP contribution is -2.32. The van der Waals surface area contributed by atoms with Gasteiger partial charge >= 0.3 is 0 Å². The van der Waals surface area contributed by atoms with E-state index in [1.54, 1.807) is 29.3 Å². The molecule has 7 heteroatoms. The lowest BCUT2D eigenvalue weighted by Gasteiger charge is -2.22. The number of carbonyl (C=O) groups is 2. The van der Waals surface area contributed by atoms with E-state index in [2.05, 4.69) is 4.98 Å². The zero-order valence-corrected chi connectivity index (χ0v) is 16.3. The molecule has 1 saturated heterocycles. The molecule has 2 aliphatic rings. The molecule has 1 aliphatic heterocycles. The number of carbonyl (C=O) groups excluding carboxylic acids is 2. The molecule has 2 fully saturated rings. The van der Waals surface area contributed by atoms with Crippen molar-refractivity contribution >= 4 is 23.3 Å². The number of aromatic amines is 1. The molecular weight excluding hydrogens is 381 g/mol. The molecule has 1 aromatic heterocycles. The molecule has 28 heavy (non-hydrogen) atoms. The van der Waals surface area contributed by atoms with Gasteiger partial charge in [0.2, 0.25) is 0 Å². The summed E-state index contributed by atoms with van der Waals surface area (Å²) >= 11 is 6.15. The van der Waals surface area contributed by atoms with Crippen molar-refractivity contribution in [1.29, 1.82) is 0 Å². The summed E-state index contributed by atoms with van der Waals surface area (Å²) in [6, 6.07) is 6.52. The van der Waals surface area contributed by atoms with Crippen LogP contribution in [0.15, 0.2) is 30.5 Å². The van der Waals surface area contributed by atoms with Crippen molar-refractivity contribution in [3.8, 4) is 0 Å². The third-order valence-electron chi connectivity index (χ3n) is 5.46. The molecule has 2 heterocycles. The Kier molecular flexibility index (Phi) is 5.51. The number of nitrogens with zero attached hydrogens (tertiary/aromatic N) is 2. The van der Waals surface area contributed by atoms with Crippen LogP contribution in [0, 0.1) is 5.82 Å². The van der Waals surface area contributed by atoms with Crippen LogP contribution in [0.5, 0.6) is 0 Å². The number of hydrogen-bond donors (Lipinski definition) is 1. The second-order valence-corrected chi connectivity index (χ2v) is 7.97. The topological polar surface area (TPSA) is 56.4 Å². The number of likely N-dealkylation sites (tertiary alicyclic amines) is 1. The molecule has 0 spiro atoms. The first-order valence-electron chi connectivity index (χ1n) is 9.71. The number of nitrogens with one attached hydrogen (secondary N) is 1. The van der Waals surface area contributed by atoms with Gasteiger partial charge in [-0.05, 0) is 43.9 Å². The second-order valence-electron chi connectivity index (χ2n) is 7.56. The van der Waals surface area contributed by atoms with Gasteiger partial charge in [0.05, 0.1) is 6.54 Å². The zero-order valence-electron chi connectivity index (χ0n) is 15.6. The van der Waals surface area contributed by atoms with Crippen molar-refractivity contribution in [1.82, 2.24) is 14.8 Å². The number of rotatable bonds is 7. The van der Waals surface area contributed by atoms with Crippen molar-refractivity contribution in [2.75, 3.05) is 19.6 Å². The summed E-state index contributed by atoms with van der Waals surface area (Å²) < 4.78 is 14.2. The van der Waals surface area contributed by atoms with E-state index in [4.69, 9.17) is 11.6 Å². The van der Waals surface area contributed by atoms with E-state index in [0.717, 1.165) is 38.8 Å². The lowest BCUT2D eigenvalue weighted by atomic mass is 10.1. The number of halogens is 2. The number of benzene rings is 1. The Balaban J connectivity index is 1.45. The smallest absolute Gasteiger partial charge is 0.270 e. The van der Waals surface area contributed by atoms with Crippen molar-refractivity contribution in [2.45, 2.75) is 38.3 Å². The molecule has 1 saturated carbocycles. The summed E-state index contributed by atoms with van der Waals surface area (Å²) in [6.45, 7) is 2.00. The lowest BCUT2D eigenvalue weighted by molar-refractivity contribution is 0.0787. The second kappa shape index (κ2) is 8.05. The Hall–Kier alpha value is -2.18. The van der Waals surface area contributed by atoms with Crippen molar-refractivity contribution in [3.05, 3.63) is 58.1 Å². The molecule has 2 aromatic rings. The normalized spacial score (nSPS) is 16.8. The third-order valence-corrected chi connectivity index (χ3v) is 5.82. The molecule has 0 unspecified atom stereocenters. The van der Waals surface area contributed by atoms with Crippen LogP contribution < -0.4 is 0 Å². The largest absolute Gasteiger partial charge is 0.356 e. The standard InChI is InChI=1S/C21H23ClFN3O2/c22-17-4-3-5-18(23)16(17)12-26(15-6-7-15)13-20(27)14-10-19(24-11-14)21(28)25-8-1-2-9-25/h3-5,10-11,15,24H,1-2,6-9,12-13H2. The maximum atomic E-state index is 14.2. The maximum Gasteiger partial charge on any atom is 0.270 e. The summed E-state index contributed by atoms with van der Waals surface area (Å²) in [6.07, 6.45) is 5.61. The maximum absolute atomic E-state index is 14.2. The highest BCUT2D eigenvalue weighted by molar-refractivity contribution is 6.31. The van der Waals surface area contributed by atoms with Crippen molar-refractivity contribution < 1.29 is 14.0 Å². The van der Waals surface area contributed by atoms with Crippen LogP contribution in [-0.4, -0.2) is 52.2 Å². The molecule has 0 atom stereocenters. The molecule has 1 N–H and O–H groups in total. The van der Waals surface area contributed by atoms with Gasteiger partial charge in [0.1, 0.15) is 11.5 Å². The minimum atomic E-state index is -0.356. The summed E-state index contributed by atoms with van der Waals surface area (Å²) in [5.74, 6) is -0.504. The van der Waals surface area contributed by atoms with Crippen LogP contribution in [0.3, 0.4) is 0 Å². The van der Waals surface area contributed by atoms with Crippen LogP contribution in [-0.2, 0) is 6.54 Å². The van der Waals surface area contributed by atoms with Gasteiger partial charge in [0, 0.05) is 48.0 Å². The van der Waals surface area contributed by atoms with Crippen LogP contribution in [0.1, 0.15) is 52.1 Å². The molecule has 4 rings (SSSR count). The number of Topliss-reactive ketones (excluding diaryl/α,β-unsaturated/α-hetero) is 1. The van der Waals surface area contributed by atoms with Crippen LogP contribution in [0.25, 0.3) is 0 Å². The molecule has 0 radical (unpaired) electrons. The Labute approximate surface area is 168 Å². The van der Waals surface area contributed by atoms with Gasteiger partial charge in [0.15, 0.2) is 5.78 Å². The van der Waals surface area contributed by atoms with E-state index < -0.39 is 0 Å². The molecule has 148 valence electrons. The fourth-order valence-electron chi connectivity index (χ4n) is 3.69. The SMILES string of the molecule is O=C(CN(Cc1c(F)cccc1Cl)C1CC1)c1c[nH]c(C(=O)N2CCCC2)c1. The molecule has 5 nitrogen and oxygen atoms in total. The van der Waals surface area contributed by atoms with Gasteiger partial charge in [-0.1, -0.05) is 17.7 Å². The highest BCUT2D eigenvalue weighted by Crippen LogP contribution is 2.31. The van der Waals surface area contributed by atoms with Gasteiger partial charge in [-0.3, -0.25) is 14.5 Å². The third kappa shape index (κ3) is 4.13. The van der Waals surface area contributed by atoms with Crippen LogP contribution in [0.4, 0.5) is 4.39 Å². The average Bonchev–Trinajstić information content (AvgIpc) is 3.18. The molecule has 1 aromatic carbocycles. The predicted octanol–water partition coefficient (Wildman–Crippen LogP) is 3.89. The van der Waals surface area contributed by atoms with Crippen LogP contribution >= 0.6 is 11.6 Å². The number of H-pyrrole nitrogens is 1. The first-order chi connectivity index (χ1) is 13.5. The average molecular weight is 404 g/mol. The molecule has 1 amide bonds. The first-order valence-corrected chi connectivity index (χ1v) is 10.1. The van der Waals surface area contributed by atoms with Crippen LogP contribution in [0.2, 0.25) is 5.02 Å². The summed E-state index contributed by atoms with van der Waals surface area (Å²) in [4.78, 5) is 32.0. The highest BCUT2D eigenvalue weighted by Gasteiger charge is 2.32. The van der Waals surface area contributed by atoms with Gasteiger partial charge in [-0.25, -0.2) is 4.39 Å². The Bertz CT molecular complexity index is 867. The van der Waals surface area contributed by atoms with E-state index in [-0.39, 0.29) is 30.1 Å². The molecular formula is C21H23ClFN3O2. The molecule has 0 bridgehead atoms. The van der Waals surface area contributed by atoms with E-state index in [1.165, 1.54) is 6.07 Å². The van der Waals surface area contributed by atoms with E-state index in [1.807, 2.05) is 4.90 Å². The number of aromatic nitrogens is 1. The van der Waals surface area contributed by atoms with Gasteiger partial charge < -0.3 is 9.88 Å². The van der Waals surface area contributed by atoms with Crippen molar-refractivity contribution in [3.63, 3.8) is 0 Å². The summed E-state index contributed by atoms with van der Waals surface area (Å²) in [5.41, 5.74) is 1.34. The summed E-state index contributed by atoms with van der Waals surface area (Å²) in [7, 11) is 0. The Morgan fingerprint density at radius 1 is 1.25 bits per heavy atom.